The lowest BCUT2D eigenvalue weighted by atomic mass is 9.93. The monoisotopic (exact) mass is 362 g/mol. The third-order valence-electron chi connectivity index (χ3n) is 3.93. The van der Waals surface area contributed by atoms with Gasteiger partial charge in [-0.3, -0.25) is 0 Å². The van der Waals surface area contributed by atoms with Crippen LogP contribution in [0.3, 0.4) is 0 Å². The summed E-state index contributed by atoms with van der Waals surface area (Å²) >= 11 is 0. The van der Waals surface area contributed by atoms with Crippen molar-refractivity contribution in [1.29, 1.82) is 0 Å². The number of esters is 1. The second-order valence-corrected chi connectivity index (χ2v) is 6.27. The molecule has 1 aromatic carbocycles. The van der Waals surface area contributed by atoms with Gasteiger partial charge < -0.3 is 16.2 Å². The first-order valence-electron chi connectivity index (χ1n) is 8.89. The van der Waals surface area contributed by atoms with Gasteiger partial charge in [0.1, 0.15) is 0 Å². The fourth-order valence-corrected chi connectivity index (χ4v) is 2.45. The van der Waals surface area contributed by atoms with Gasteiger partial charge in [-0.1, -0.05) is 66.8 Å². The van der Waals surface area contributed by atoms with Gasteiger partial charge in [0, 0.05) is 6.42 Å². The van der Waals surface area contributed by atoms with E-state index in [1.165, 1.54) is 11.8 Å². The number of hydrogen-bond acceptors (Lipinski definition) is 4. The molecule has 4 nitrogen and oxygen atoms in total. The topological polar surface area (TPSA) is 78.3 Å². The number of nitrogens with two attached hydrogens (primary N) is 2. The second kappa shape index (κ2) is 10.3. The molecule has 1 aromatic rings. The van der Waals surface area contributed by atoms with E-state index in [4.69, 9.17) is 16.2 Å². The molecule has 1 aliphatic rings. The van der Waals surface area contributed by atoms with E-state index < -0.39 is 11.6 Å². The Morgan fingerprint density at radius 3 is 2.63 bits per heavy atom. The number of hydrogen-bond donors (Lipinski definition) is 2. The summed E-state index contributed by atoms with van der Waals surface area (Å²) in [4.78, 5) is 12.4. The molecule has 0 fully saturated rings. The van der Waals surface area contributed by atoms with Crippen LogP contribution in [-0.4, -0.2) is 11.6 Å². The maximum absolute atomic E-state index is 12.4. The van der Waals surface area contributed by atoms with E-state index in [1.54, 1.807) is 30.4 Å². The highest BCUT2D eigenvalue weighted by Crippen LogP contribution is 2.22. The Kier molecular flexibility index (Phi) is 7.74. The molecule has 0 unspecified atom stereocenters. The highest BCUT2D eigenvalue weighted by atomic mass is 16.5. The molecule has 0 aromatic heterocycles. The summed E-state index contributed by atoms with van der Waals surface area (Å²) in [6.07, 6.45) is 18.9. The van der Waals surface area contributed by atoms with E-state index in [1.807, 2.05) is 49.4 Å². The minimum Gasteiger partial charge on any atom is -0.431 e. The largest absolute Gasteiger partial charge is 0.431 e. The van der Waals surface area contributed by atoms with Crippen molar-refractivity contribution in [2.75, 3.05) is 0 Å². The molecule has 4 heteroatoms. The quantitative estimate of drug-likeness (QED) is 0.254. The molecular formula is C23H26N2O2. The predicted molar refractivity (Wildman–Crippen MR) is 110 cm³/mol. The molecule has 140 valence electrons. The van der Waals surface area contributed by atoms with Gasteiger partial charge in [0.15, 0.2) is 0 Å². The van der Waals surface area contributed by atoms with Crippen LogP contribution in [0, 0.1) is 0 Å². The van der Waals surface area contributed by atoms with Gasteiger partial charge in [0.25, 0.3) is 0 Å². The predicted octanol–water partition coefficient (Wildman–Crippen LogP) is 3.84. The number of carbonyl (C=O) groups is 1. The Bertz CT molecular complexity index is 810. The highest BCUT2D eigenvalue weighted by Gasteiger charge is 2.21. The van der Waals surface area contributed by atoms with Crippen LogP contribution in [0.4, 0.5) is 0 Å². The van der Waals surface area contributed by atoms with Crippen molar-refractivity contribution in [3.63, 3.8) is 0 Å². The molecule has 0 atom stereocenters. The summed E-state index contributed by atoms with van der Waals surface area (Å²) in [6.45, 7) is 1.88. The number of ether oxygens (including phenoxy) is 1. The van der Waals surface area contributed by atoms with Crippen LogP contribution in [0.1, 0.15) is 18.9 Å². The third-order valence-corrected chi connectivity index (χ3v) is 3.93. The van der Waals surface area contributed by atoms with Crippen molar-refractivity contribution in [3.05, 3.63) is 108 Å². The number of benzene rings is 1. The maximum Gasteiger partial charge on any atom is 0.343 e. The molecule has 0 amide bonds. The average molecular weight is 362 g/mol. The molecule has 1 aliphatic carbocycles. The molecule has 27 heavy (non-hydrogen) atoms. The SMILES string of the molecule is CC=CC=C(C(=O)OC=CC=CCc1ccccc1)C1=CCC(N)(N)C=C1. The van der Waals surface area contributed by atoms with Gasteiger partial charge in [-0.2, -0.15) is 0 Å². The zero-order valence-electron chi connectivity index (χ0n) is 15.5. The third kappa shape index (κ3) is 7.05. The van der Waals surface area contributed by atoms with E-state index in [-0.39, 0.29) is 0 Å². The van der Waals surface area contributed by atoms with Crippen LogP contribution in [0.5, 0.6) is 0 Å². The number of carbonyl (C=O) groups excluding carboxylic acids is 1. The molecule has 4 N–H and O–H groups in total. The summed E-state index contributed by atoms with van der Waals surface area (Å²) in [6, 6.07) is 10.1. The normalized spacial score (nSPS) is 17.0. The van der Waals surface area contributed by atoms with Crippen LogP contribution >= 0.6 is 0 Å². The average Bonchev–Trinajstić information content (AvgIpc) is 2.66. The molecule has 0 saturated heterocycles. The van der Waals surface area contributed by atoms with Gasteiger partial charge in [0.05, 0.1) is 17.5 Å². The first-order chi connectivity index (χ1) is 13.0. The van der Waals surface area contributed by atoms with Gasteiger partial charge in [-0.25, -0.2) is 4.79 Å². The van der Waals surface area contributed by atoms with Crippen LogP contribution in [0.2, 0.25) is 0 Å². The molecule has 0 spiro atoms. The molecule has 0 bridgehead atoms. The maximum atomic E-state index is 12.4. The second-order valence-electron chi connectivity index (χ2n) is 6.27. The van der Waals surface area contributed by atoms with Crippen LogP contribution < -0.4 is 11.5 Å². The Balaban J connectivity index is 1.94. The lowest BCUT2D eigenvalue weighted by Crippen LogP contribution is -2.47. The Labute approximate surface area is 160 Å². The van der Waals surface area contributed by atoms with Crippen molar-refractivity contribution in [2.24, 2.45) is 11.5 Å². The van der Waals surface area contributed by atoms with Crippen molar-refractivity contribution in [2.45, 2.75) is 25.4 Å². The van der Waals surface area contributed by atoms with Crippen molar-refractivity contribution < 1.29 is 9.53 Å². The smallest absolute Gasteiger partial charge is 0.343 e. The van der Waals surface area contributed by atoms with Gasteiger partial charge in [-0.05, 0) is 42.7 Å². The summed E-state index contributed by atoms with van der Waals surface area (Å²) < 4.78 is 5.25. The van der Waals surface area contributed by atoms with Gasteiger partial charge >= 0.3 is 5.97 Å². The van der Waals surface area contributed by atoms with E-state index in [2.05, 4.69) is 12.1 Å². The first kappa shape index (κ1) is 20.4. The summed E-state index contributed by atoms with van der Waals surface area (Å²) in [5.74, 6) is -0.432. The van der Waals surface area contributed by atoms with E-state index in [9.17, 15) is 4.79 Å². The Hall–Kier alpha value is -2.95. The molecule has 0 radical (unpaired) electrons. The molecule has 0 saturated carbocycles. The summed E-state index contributed by atoms with van der Waals surface area (Å²) in [7, 11) is 0. The lowest BCUT2D eigenvalue weighted by Gasteiger charge is -2.23. The zero-order valence-corrected chi connectivity index (χ0v) is 15.5. The number of rotatable bonds is 7. The van der Waals surface area contributed by atoms with Crippen LogP contribution in [-0.2, 0) is 16.0 Å². The standard InChI is InChI=1S/C23H26N2O2/c1-2-3-13-21(20-14-16-23(24,25)17-15-20)22(26)27-18-9-5-8-12-19-10-6-4-7-11-19/h2-11,13-16,18H,12,17,24-25H2,1H3. The van der Waals surface area contributed by atoms with Crippen molar-refractivity contribution in [1.82, 2.24) is 0 Å². The summed E-state index contributed by atoms with van der Waals surface area (Å²) in [5.41, 5.74) is 13.3. The zero-order chi connectivity index (χ0) is 19.5. The Morgan fingerprint density at radius 1 is 1.19 bits per heavy atom. The minimum absolute atomic E-state index is 0.432. The fraction of sp³-hybridized carbons (Fsp3) is 0.174. The number of allylic oxidation sites excluding steroid dienone is 7. The fourth-order valence-electron chi connectivity index (χ4n) is 2.45. The van der Waals surface area contributed by atoms with E-state index >= 15 is 0 Å². The first-order valence-corrected chi connectivity index (χ1v) is 8.89. The Morgan fingerprint density at radius 2 is 1.96 bits per heavy atom. The summed E-state index contributed by atoms with van der Waals surface area (Å²) in [5, 5.41) is 0. The van der Waals surface area contributed by atoms with Gasteiger partial charge in [0.2, 0.25) is 0 Å². The van der Waals surface area contributed by atoms with Crippen molar-refractivity contribution >= 4 is 5.97 Å². The molecule has 0 heterocycles. The van der Waals surface area contributed by atoms with Crippen molar-refractivity contribution in [3.8, 4) is 0 Å². The molecular weight excluding hydrogens is 336 g/mol. The molecule has 2 rings (SSSR count). The highest BCUT2D eigenvalue weighted by molar-refractivity contribution is 5.95. The van der Waals surface area contributed by atoms with E-state index in [0.717, 1.165) is 12.0 Å². The van der Waals surface area contributed by atoms with Crippen LogP contribution in [0.25, 0.3) is 0 Å². The van der Waals surface area contributed by atoms with Crippen LogP contribution in [0.15, 0.2) is 102 Å². The van der Waals surface area contributed by atoms with Gasteiger partial charge in [-0.15, -0.1) is 0 Å². The molecule has 0 aliphatic heterocycles. The van der Waals surface area contributed by atoms with E-state index in [0.29, 0.717) is 12.0 Å². The minimum atomic E-state index is -0.872. The lowest BCUT2D eigenvalue weighted by molar-refractivity contribution is -0.133.